The number of benzene rings is 3. The van der Waals surface area contributed by atoms with Gasteiger partial charge in [-0.05, 0) is 30.3 Å². The maximum absolute atomic E-state index is 14.6. The highest BCUT2D eigenvalue weighted by atomic mass is 35.5. The molecule has 0 unspecified atom stereocenters. The Morgan fingerprint density at radius 2 is 1.59 bits per heavy atom. The molecule has 0 saturated carbocycles. The summed E-state index contributed by atoms with van der Waals surface area (Å²) >= 11 is 6.01. The van der Waals surface area contributed by atoms with Crippen LogP contribution in [0.15, 0.2) is 59.5 Å². The van der Waals surface area contributed by atoms with Gasteiger partial charge in [0.05, 0.1) is 41.1 Å². The molecular formula is C21H17ClF2N2O5S. The molecule has 1 amide bonds. The van der Waals surface area contributed by atoms with Crippen molar-refractivity contribution in [2.75, 3.05) is 24.3 Å². The van der Waals surface area contributed by atoms with Crippen molar-refractivity contribution in [3.05, 3.63) is 76.8 Å². The van der Waals surface area contributed by atoms with Crippen LogP contribution in [0.3, 0.4) is 0 Å². The first kappa shape index (κ1) is 23.3. The zero-order valence-corrected chi connectivity index (χ0v) is 18.4. The number of carbonyl (C=O) groups excluding carboxylic acids is 1. The third-order valence-electron chi connectivity index (χ3n) is 4.34. The van der Waals surface area contributed by atoms with Gasteiger partial charge < -0.3 is 14.8 Å². The van der Waals surface area contributed by atoms with Gasteiger partial charge in [-0.15, -0.1) is 0 Å². The van der Waals surface area contributed by atoms with Crippen molar-refractivity contribution < 1.29 is 31.5 Å². The van der Waals surface area contributed by atoms with Gasteiger partial charge >= 0.3 is 0 Å². The lowest BCUT2D eigenvalue weighted by atomic mass is 10.2. The topological polar surface area (TPSA) is 93.7 Å². The number of hydrogen-bond acceptors (Lipinski definition) is 5. The smallest absolute Gasteiger partial charge is 0.262 e. The molecule has 168 valence electrons. The van der Waals surface area contributed by atoms with Crippen molar-refractivity contribution >= 4 is 38.9 Å². The van der Waals surface area contributed by atoms with E-state index >= 15 is 0 Å². The largest absolute Gasteiger partial charge is 0.495 e. The third kappa shape index (κ3) is 4.92. The number of carbonyl (C=O) groups is 1. The highest BCUT2D eigenvalue weighted by Gasteiger charge is 2.21. The summed E-state index contributed by atoms with van der Waals surface area (Å²) in [7, 11) is -1.57. The monoisotopic (exact) mass is 482 g/mol. The number of sulfonamides is 1. The number of amides is 1. The molecule has 0 aliphatic rings. The lowest BCUT2D eigenvalue weighted by Gasteiger charge is -2.15. The first-order chi connectivity index (χ1) is 15.2. The molecule has 0 aliphatic carbocycles. The molecule has 0 spiro atoms. The summed E-state index contributed by atoms with van der Waals surface area (Å²) < 4.78 is 66.3. The van der Waals surface area contributed by atoms with E-state index in [4.69, 9.17) is 21.1 Å². The lowest BCUT2D eigenvalue weighted by molar-refractivity contribution is 0.102. The highest BCUT2D eigenvalue weighted by Crippen LogP contribution is 2.37. The quantitative estimate of drug-likeness (QED) is 0.509. The second-order valence-electron chi connectivity index (χ2n) is 6.37. The van der Waals surface area contributed by atoms with Crippen LogP contribution in [0, 0.1) is 11.6 Å². The Hall–Kier alpha value is -3.37. The standard InChI is InChI=1S/C21H17ClF2N2O5S/c1-30-19-11-18(20(31-2)10-14(19)22)26-32(28,29)12-7-8-17(16(24)9-12)25-21(27)13-5-3-4-6-15(13)23/h3-11,26H,1-2H3,(H,25,27). The predicted octanol–water partition coefficient (Wildman–Crippen LogP) is 4.69. The summed E-state index contributed by atoms with van der Waals surface area (Å²) in [5, 5.41) is 2.42. The SMILES string of the molecule is COc1cc(NS(=O)(=O)c2ccc(NC(=O)c3ccccc3F)c(F)c2)c(OC)cc1Cl. The van der Waals surface area contributed by atoms with E-state index in [1.807, 2.05) is 0 Å². The summed E-state index contributed by atoms with van der Waals surface area (Å²) in [6.07, 6.45) is 0. The summed E-state index contributed by atoms with van der Waals surface area (Å²) in [5.41, 5.74) is -0.580. The van der Waals surface area contributed by atoms with Gasteiger partial charge in [-0.3, -0.25) is 9.52 Å². The molecule has 32 heavy (non-hydrogen) atoms. The maximum atomic E-state index is 14.6. The van der Waals surface area contributed by atoms with E-state index in [0.717, 1.165) is 24.3 Å². The molecule has 0 atom stereocenters. The summed E-state index contributed by atoms with van der Waals surface area (Å²) in [5.74, 6) is -2.37. The molecular weight excluding hydrogens is 466 g/mol. The fraction of sp³-hybridized carbons (Fsp3) is 0.0952. The number of methoxy groups -OCH3 is 2. The summed E-state index contributed by atoms with van der Waals surface area (Å²) in [4.78, 5) is 11.8. The van der Waals surface area contributed by atoms with Crippen LogP contribution in [0.25, 0.3) is 0 Å². The van der Waals surface area contributed by atoms with E-state index in [-0.39, 0.29) is 33.5 Å². The van der Waals surface area contributed by atoms with Crippen LogP contribution in [-0.2, 0) is 10.0 Å². The first-order valence-electron chi connectivity index (χ1n) is 8.96. The Kier molecular flexibility index (Phi) is 6.85. The molecule has 3 aromatic carbocycles. The van der Waals surface area contributed by atoms with E-state index in [1.165, 1.54) is 44.6 Å². The van der Waals surface area contributed by atoms with Crippen LogP contribution < -0.4 is 19.5 Å². The molecule has 11 heteroatoms. The molecule has 0 bridgehead atoms. The van der Waals surface area contributed by atoms with E-state index in [0.29, 0.717) is 0 Å². The Balaban J connectivity index is 1.87. The normalized spacial score (nSPS) is 11.0. The van der Waals surface area contributed by atoms with Gasteiger partial charge in [-0.2, -0.15) is 0 Å². The molecule has 0 aliphatic heterocycles. The van der Waals surface area contributed by atoms with Crippen molar-refractivity contribution in [3.8, 4) is 11.5 Å². The van der Waals surface area contributed by atoms with E-state index in [1.54, 1.807) is 0 Å². The fourth-order valence-corrected chi connectivity index (χ4v) is 4.05. The predicted molar refractivity (Wildman–Crippen MR) is 116 cm³/mol. The van der Waals surface area contributed by atoms with Crippen LogP contribution >= 0.6 is 11.6 Å². The number of rotatable bonds is 7. The Labute approximate surface area is 188 Å². The molecule has 7 nitrogen and oxygen atoms in total. The van der Waals surface area contributed by atoms with Crippen LogP contribution in [-0.4, -0.2) is 28.5 Å². The van der Waals surface area contributed by atoms with E-state index < -0.39 is 32.5 Å². The van der Waals surface area contributed by atoms with Gasteiger partial charge in [0.2, 0.25) is 0 Å². The molecule has 3 rings (SSSR count). The third-order valence-corrected chi connectivity index (χ3v) is 5.99. The Morgan fingerprint density at radius 1 is 0.906 bits per heavy atom. The second kappa shape index (κ2) is 9.41. The number of ether oxygens (including phenoxy) is 2. The number of halogens is 3. The summed E-state index contributed by atoms with van der Waals surface area (Å²) in [6.45, 7) is 0. The second-order valence-corrected chi connectivity index (χ2v) is 8.46. The Bertz CT molecular complexity index is 1290. The molecule has 0 saturated heterocycles. The maximum Gasteiger partial charge on any atom is 0.262 e. The van der Waals surface area contributed by atoms with Gasteiger partial charge in [0.15, 0.2) is 0 Å². The van der Waals surface area contributed by atoms with Crippen molar-refractivity contribution in [1.29, 1.82) is 0 Å². The zero-order chi connectivity index (χ0) is 23.5. The van der Waals surface area contributed by atoms with Crippen molar-refractivity contribution in [1.82, 2.24) is 0 Å². The minimum Gasteiger partial charge on any atom is -0.495 e. The van der Waals surface area contributed by atoms with Gasteiger partial charge in [0.1, 0.15) is 23.1 Å². The fourth-order valence-electron chi connectivity index (χ4n) is 2.74. The lowest BCUT2D eigenvalue weighted by Crippen LogP contribution is -2.16. The van der Waals surface area contributed by atoms with Crippen LogP contribution in [0.2, 0.25) is 5.02 Å². The average molecular weight is 483 g/mol. The van der Waals surface area contributed by atoms with Crippen LogP contribution in [0.4, 0.5) is 20.2 Å². The van der Waals surface area contributed by atoms with Gasteiger partial charge in [0.25, 0.3) is 15.9 Å². The first-order valence-corrected chi connectivity index (χ1v) is 10.8. The van der Waals surface area contributed by atoms with Gasteiger partial charge in [0, 0.05) is 12.1 Å². The summed E-state index contributed by atoms with van der Waals surface area (Å²) in [6, 6.07) is 10.7. The van der Waals surface area contributed by atoms with Crippen molar-refractivity contribution in [2.45, 2.75) is 4.90 Å². The molecule has 0 aromatic heterocycles. The minimum absolute atomic E-state index is 0.0195. The van der Waals surface area contributed by atoms with E-state index in [2.05, 4.69) is 10.0 Å². The average Bonchev–Trinajstić information content (AvgIpc) is 2.76. The molecule has 0 fully saturated rings. The van der Waals surface area contributed by atoms with Crippen LogP contribution in [0.1, 0.15) is 10.4 Å². The highest BCUT2D eigenvalue weighted by molar-refractivity contribution is 7.92. The van der Waals surface area contributed by atoms with Gasteiger partial charge in [-0.1, -0.05) is 23.7 Å². The molecule has 3 aromatic rings. The molecule has 0 heterocycles. The van der Waals surface area contributed by atoms with Crippen LogP contribution in [0.5, 0.6) is 11.5 Å². The molecule has 0 radical (unpaired) electrons. The number of nitrogens with one attached hydrogen (secondary N) is 2. The zero-order valence-electron chi connectivity index (χ0n) is 16.8. The minimum atomic E-state index is -4.25. The molecule has 2 N–H and O–H groups in total. The number of anilines is 2. The van der Waals surface area contributed by atoms with Gasteiger partial charge in [-0.25, -0.2) is 17.2 Å². The van der Waals surface area contributed by atoms with Crippen molar-refractivity contribution in [2.24, 2.45) is 0 Å². The number of hydrogen-bond donors (Lipinski definition) is 2. The van der Waals surface area contributed by atoms with E-state index in [9.17, 15) is 22.0 Å². The van der Waals surface area contributed by atoms with Crippen molar-refractivity contribution in [3.63, 3.8) is 0 Å². The Morgan fingerprint density at radius 3 is 2.22 bits per heavy atom.